The molecule has 1 aliphatic rings. The van der Waals surface area contributed by atoms with Crippen molar-refractivity contribution in [2.24, 2.45) is 5.92 Å². The SMILES string of the molecule is COc1ccccc1CCN1CCC(CN(C)C(=O)C=Cc2ccccn2)CC1. The van der Waals surface area contributed by atoms with Gasteiger partial charge in [0.15, 0.2) is 0 Å². The minimum absolute atomic E-state index is 0.0363. The summed E-state index contributed by atoms with van der Waals surface area (Å²) < 4.78 is 5.45. The number of nitrogens with zero attached hydrogens (tertiary/aromatic N) is 3. The molecule has 0 bridgehead atoms. The number of hydrogen-bond donors (Lipinski definition) is 0. The number of hydrogen-bond acceptors (Lipinski definition) is 4. The molecule has 154 valence electrons. The minimum atomic E-state index is 0.0363. The number of ether oxygens (including phenoxy) is 1. The second kappa shape index (κ2) is 10.8. The smallest absolute Gasteiger partial charge is 0.246 e. The zero-order valence-corrected chi connectivity index (χ0v) is 17.5. The molecule has 5 heteroatoms. The lowest BCUT2D eigenvalue weighted by atomic mass is 9.96. The van der Waals surface area contributed by atoms with E-state index in [1.54, 1.807) is 25.5 Å². The highest BCUT2D eigenvalue weighted by atomic mass is 16.5. The molecule has 1 fully saturated rings. The summed E-state index contributed by atoms with van der Waals surface area (Å²) in [4.78, 5) is 20.9. The van der Waals surface area contributed by atoms with E-state index in [2.05, 4.69) is 22.0 Å². The van der Waals surface area contributed by atoms with E-state index in [4.69, 9.17) is 4.74 Å². The van der Waals surface area contributed by atoms with Gasteiger partial charge in [0.05, 0.1) is 12.8 Å². The van der Waals surface area contributed by atoms with Crippen LogP contribution in [0.3, 0.4) is 0 Å². The van der Waals surface area contributed by atoms with Crippen molar-refractivity contribution >= 4 is 12.0 Å². The summed E-state index contributed by atoms with van der Waals surface area (Å²) in [5, 5.41) is 0. The molecule has 1 aromatic carbocycles. The van der Waals surface area contributed by atoms with Crippen LogP contribution in [0.25, 0.3) is 6.08 Å². The van der Waals surface area contributed by atoms with Gasteiger partial charge in [0, 0.05) is 32.4 Å². The number of aromatic nitrogens is 1. The van der Waals surface area contributed by atoms with Gasteiger partial charge in [0.25, 0.3) is 0 Å². The first-order chi connectivity index (χ1) is 14.2. The number of para-hydroxylation sites is 1. The fourth-order valence-electron chi connectivity index (χ4n) is 3.82. The molecule has 3 rings (SSSR count). The molecule has 1 aromatic heterocycles. The normalized spacial score (nSPS) is 15.5. The van der Waals surface area contributed by atoms with Crippen LogP contribution in [-0.2, 0) is 11.2 Å². The van der Waals surface area contributed by atoms with Crippen LogP contribution >= 0.6 is 0 Å². The summed E-state index contributed by atoms with van der Waals surface area (Å²) >= 11 is 0. The van der Waals surface area contributed by atoms with Crippen molar-refractivity contribution in [3.05, 3.63) is 66.0 Å². The fraction of sp³-hybridized carbons (Fsp3) is 0.417. The minimum Gasteiger partial charge on any atom is -0.496 e. The maximum atomic E-state index is 12.4. The van der Waals surface area contributed by atoms with Crippen LogP contribution in [0.1, 0.15) is 24.1 Å². The number of likely N-dealkylation sites (tertiary alicyclic amines) is 1. The van der Waals surface area contributed by atoms with E-state index in [1.165, 1.54) is 5.56 Å². The zero-order valence-electron chi connectivity index (χ0n) is 17.5. The highest BCUT2D eigenvalue weighted by Crippen LogP contribution is 2.21. The summed E-state index contributed by atoms with van der Waals surface area (Å²) in [7, 11) is 3.62. The Labute approximate surface area is 174 Å². The van der Waals surface area contributed by atoms with Gasteiger partial charge in [0.1, 0.15) is 5.75 Å². The second-order valence-electron chi connectivity index (χ2n) is 7.65. The van der Waals surface area contributed by atoms with Crippen LogP contribution in [0.4, 0.5) is 0 Å². The Morgan fingerprint density at radius 3 is 2.69 bits per heavy atom. The average Bonchev–Trinajstić information content (AvgIpc) is 2.77. The predicted octanol–water partition coefficient (Wildman–Crippen LogP) is 3.52. The van der Waals surface area contributed by atoms with E-state index in [1.807, 2.05) is 42.3 Å². The maximum Gasteiger partial charge on any atom is 0.246 e. The Morgan fingerprint density at radius 1 is 1.21 bits per heavy atom. The Bertz CT molecular complexity index is 799. The van der Waals surface area contributed by atoms with E-state index < -0.39 is 0 Å². The van der Waals surface area contributed by atoms with Crippen molar-refractivity contribution < 1.29 is 9.53 Å². The van der Waals surface area contributed by atoms with Crippen molar-refractivity contribution in [3.63, 3.8) is 0 Å². The summed E-state index contributed by atoms with van der Waals surface area (Å²) in [6.45, 7) is 4.04. The lowest BCUT2D eigenvalue weighted by Crippen LogP contribution is -2.39. The first-order valence-electron chi connectivity index (χ1n) is 10.3. The van der Waals surface area contributed by atoms with Crippen LogP contribution < -0.4 is 4.74 Å². The van der Waals surface area contributed by atoms with E-state index in [-0.39, 0.29) is 5.91 Å². The Balaban J connectivity index is 1.40. The molecule has 0 spiro atoms. The Hall–Kier alpha value is -2.66. The molecule has 29 heavy (non-hydrogen) atoms. The van der Waals surface area contributed by atoms with Gasteiger partial charge in [-0.3, -0.25) is 9.78 Å². The molecular weight excluding hydrogens is 362 g/mol. The second-order valence-corrected chi connectivity index (χ2v) is 7.65. The van der Waals surface area contributed by atoms with Gasteiger partial charge < -0.3 is 14.5 Å². The first-order valence-corrected chi connectivity index (χ1v) is 10.3. The predicted molar refractivity (Wildman–Crippen MR) is 117 cm³/mol. The number of likely N-dealkylation sites (N-methyl/N-ethyl adjacent to an activating group) is 1. The largest absolute Gasteiger partial charge is 0.496 e. The Kier molecular flexibility index (Phi) is 7.82. The number of carbonyl (C=O) groups is 1. The van der Waals surface area contributed by atoms with Crippen LogP contribution in [0.2, 0.25) is 0 Å². The van der Waals surface area contributed by atoms with Crippen molar-refractivity contribution in [3.8, 4) is 5.75 Å². The molecule has 1 saturated heterocycles. The molecule has 0 radical (unpaired) electrons. The van der Waals surface area contributed by atoms with Crippen LogP contribution in [0.5, 0.6) is 5.75 Å². The maximum absolute atomic E-state index is 12.4. The number of carbonyl (C=O) groups excluding carboxylic acids is 1. The van der Waals surface area contributed by atoms with Crippen LogP contribution in [-0.4, -0.2) is 61.0 Å². The number of amides is 1. The standard InChI is InChI=1S/C24H31N3O2/c1-26(24(28)11-10-22-8-5-6-15-25-22)19-20-12-16-27(17-13-20)18-14-21-7-3-4-9-23(21)29-2/h3-11,15,20H,12-14,16-19H2,1-2H3. The quantitative estimate of drug-likeness (QED) is 0.644. The van der Waals surface area contributed by atoms with Crippen molar-refractivity contribution in [2.45, 2.75) is 19.3 Å². The van der Waals surface area contributed by atoms with E-state index in [0.717, 1.165) is 56.9 Å². The van der Waals surface area contributed by atoms with Gasteiger partial charge in [-0.2, -0.15) is 0 Å². The molecule has 2 heterocycles. The summed E-state index contributed by atoms with van der Waals surface area (Å²) in [6.07, 6.45) is 8.39. The van der Waals surface area contributed by atoms with E-state index >= 15 is 0 Å². The topological polar surface area (TPSA) is 45.7 Å². The summed E-state index contributed by atoms with van der Waals surface area (Å²) in [6, 6.07) is 13.9. The summed E-state index contributed by atoms with van der Waals surface area (Å²) in [5.74, 6) is 1.57. The van der Waals surface area contributed by atoms with Crippen LogP contribution in [0.15, 0.2) is 54.7 Å². The number of rotatable bonds is 8. The number of methoxy groups -OCH3 is 1. The van der Waals surface area contributed by atoms with E-state index in [0.29, 0.717) is 5.92 Å². The molecule has 0 atom stereocenters. The first kappa shape index (κ1) is 21.1. The lowest BCUT2D eigenvalue weighted by Gasteiger charge is -2.33. The molecule has 1 amide bonds. The zero-order chi connectivity index (χ0) is 20.5. The van der Waals surface area contributed by atoms with Gasteiger partial charge in [0.2, 0.25) is 5.91 Å². The summed E-state index contributed by atoms with van der Waals surface area (Å²) in [5.41, 5.74) is 2.07. The van der Waals surface area contributed by atoms with Crippen molar-refractivity contribution in [2.75, 3.05) is 40.3 Å². The van der Waals surface area contributed by atoms with Gasteiger partial charge in [-0.1, -0.05) is 24.3 Å². The van der Waals surface area contributed by atoms with Crippen molar-refractivity contribution in [1.82, 2.24) is 14.8 Å². The molecule has 0 saturated carbocycles. The van der Waals surface area contributed by atoms with E-state index in [9.17, 15) is 4.79 Å². The highest BCUT2D eigenvalue weighted by Gasteiger charge is 2.21. The van der Waals surface area contributed by atoms with Gasteiger partial charge in [-0.05, 0) is 68.1 Å². The number of benzene rings is 1. The monoisotopic (exact) mass is 393 g/mol. The lowest BCUT2D eigenvalue weighted by molar-refractivity contribution is -0.125. The van der Waals surface area contributed by atoms with Gasteiger partial charge >= 0.3 is 0 Å². The molecule has 0 N–H and O–H groups in total. The molecule has 0 aliphatic carbocycles. The Morgan fingerprint density at radius 2 is 1.97 bits per heavy atom. The number of piperidine rings is 1. The highest BCUT2D eigenvalue weighted by molar-refractivity contribution is 5.91. The molecule has 2 aromatic rings. The molecule has 5 nitrogen and oxygen atoms in total. The van der Waals surface area contributed by atoms with Crippen molar-refractivity contribution in [1.29, 1.82) is 0 Å². The molecular formula is C24H31N3O2. The van der Waals surface area contributed by atoms with Gasteiger partial charge in [-0.15, -0.1) is 0 Å². The third-order valence-corrected chi connectivity index (χ3v) is 5.59. The molecule has 1 aliphatic heterocycles. The third kappa shape index (κ3) is 6.43. The average molecular weight is 394 g/mol. The number of pyridine rings is 1. The third-order valence-electron chi connectivity index (χ3n) is 5.59. The van der Waals surface area contributed by atoms with Crippen LogP contribution in [0, 0.1) is 5.92 Å². The molecule has 0 unspecified atom stereocenters. The fourth-order valence-corrected chi connectivity index (χ4v) is 3.82. The van der Waals surface area contributed by atoms with Gasteiger partial charge in [-0.25, -0.2) is 0 Å².